The third-order valence-electron chi connectivity index (χ3n) is 4.90. The summed E-state index contributed by atoms with van der Waals surface area (Å²) in [7, 11) is 0. The summed E-state index contributed by atoms with van der Waals surface area (Å²) in [6.45, 7) is 5.46. The minimum atomic E-state index is -4.39. The lowest BCUT2D eigenvalue weighted by atomic mass is 9.98. The summed E-state index contributed by atoms with van der Waals surface area (Å²) in [4.78, 5) is 17.8. The molecule has 0 fully saturated rings. The maximum absolute atomic E-state index is 12.9. The first-order valence-corrected chi connectivity index (χ1v) is 11.5. The smallest absolute Gasteiger partial charge is 0.287 e. The predicted octanol–water partition coefficient (Wildman–Crippen LogP) is 7.49. The van der Waals surface area contributed by atoms with E-state index in [0.29, 0.717) is 16.9 Å². The zero-order valence-corrected chi connectivity index (χ0v) is 20.2. The monoisotopic (exact) mass is 555 g/mol. The Morgan fingerprint density at radius 2 is 1.84 bits per heavy atom. The maximum atomic E-state index is 12.9. The van der Waals surface area contributed by atoms with Crippen LogP contribution in [0, 0.1) is 23.3 Å². The van der Waals surface area contributed by atoms with E-state index >= 15 is 0 Å². The molecule has 0 saturated heterocycles. The first kappa shape index (κ1) is 23.8. The van der Waals surface area contributed by atoms with Gasteiger partial charge in [-0.25, -0.2) is 0 Å². The molecule has 1 heterocycles. The van der Waals surface area contributed by atoms with E-state index in [0.717, 1.165) is 49.8 Å². The highest BCUT2D eigenvalue weighted by Gasteiger charge is 2.30. The van der Waals surface area contributed by atoms with Gasteiger partial charge in [-0.05, 0) is 89.9 Å². The van der Waals surface area contributed by atoms with E-state index in [4.69, 9.17) is 0 Å². The van der Waals surface area contributed by atoms with Gasteiger partial charge in [-0.1, -0.05) is 36.9 Å². The molecule has 0 aliphatic rings. The fraction of sp³-hybridized carbons (Fsp3) is 0.250. The topological polar surface area (TPSA) is 30.0 Å². The zero-order chi connectivity index (χ0) is 22.8. The van der Waals surface area contributed by atoms with Gasteiger partial charge in [0.1, 0.15) is 0 Å². The fourth-order valence-electron chi connectivity index (χ4n) is 3.27. The SMILES string of the molecule is Cc1cc(C(F)(F)F)ccc1SC(=O)[C@@H](C)Cc1cccc(-c2ncc(I)cc2C)c1. The second kappa shape index (κ2) is 9.73. The number of carbonyl (C=O) groups is 1. The van der Waals surface area contributed by atoms with Crippen LogP contribution in [-0.2, 0) is 17.4 Å². The van der Waals surface area contributed by atoms with Crippen molar-refractivity contribution in [3.8, 4) is 11.3 Å². The van der Waals surface area contributed by atoms with Gasteiger partial charge in [-0.15, -0.1) is 0 Å². The zero-order valence-electron chi connectivity index (χ0n) is 17.3. The average Bonchev–Trinajstić information content (AvgIpc) is 2.68. The molecule has 0 aliphatic heterocycles. The van der Waals surface area contributed by atoms with E-state index < -0.39 is 11.7 Å². The number of rotatable bonds is 5. The van der Waals surface area contributed by atoms with E-state index in [-0.39, 0.29) is 11.0 Å². The molecule has 0 saturated carbocycles. The number of hydrogen-bond acceptors (Lipinski definition) is 3. The summed E-state index contributed by atoms with van der Waals surface area (Å²) in [5.74, 6) is -0.285. The molecular formula is C24H21F3INOS. The van der Waals surface area contributed by atoms with Crippen LogP contribution in [0.3, 0.4) is 0 Å². The van der Waals surface area contributed by atoms with Crippen LogP contribution in [0.2, 0.25) is 0 Å². The van der Waals surface area contributed by atoms with Gasteiger partial charge in [0.2, 0.25) is 0 Å². The molecule has 2 nitrogen and oxygen atoms in total. The number of hydrogen-bond donors (Lipinski definition) is 0. The Balaban J connectivity index is 1.72. The van der Waals surface area contributed by atoms with Crippen LogP contribution in [0.5, 0.6) is 0 Å². The molecule has 0 amide bonds. The molecule has 31 heavy (non-hydrogen) atoms. The maximum Gasteiger partial charge on any atom is 0.416 e. The van der Waals surface area contributed by atoms with Gasteiger partial charge in [0.25, 0.3) is 0 Å². The quantitative estimate of drug-likeness (QED) is 0.242. The summed E-state index contributed by atoms with van der Waals surface area (Å²) >= 11 is 3.23. The Morgan fingerprint density at radius 3 is 2.48 bits per heavy atom. The predicted molar refractivity (Wildman–Crippen MR) is 127 cm³/mol. The molecule has 0 spiro atoms. The Hall–Kier alpha value is -1.87. The lowest BCUT2D eigenvalue weighted by Crippen LogP contribution is -2.11. The second-order valence-corrected chi connectivity index (χ2v) is 9.82. The molecule has 0 bridgehead atoms. The minimum absolute atomic E-state index is 0.0724. The van der Waals surface area contributed by atoms with Crippen LogP contribution in [0.25, 0.3) is 11.3 Å². The van der Waals surface area contributed by atoms with Crippen LogP contribution in [0.15, 0.2) is 59.6 Å². The number of thioether (sulfide) groups is 1. The summed E-state index contributed by atoms with van der Waals surface area (Å²) < 4.78 is 39.6. The van der Waals surface area contributed by atoms with Gasteiger partial charge in [-0.2, -0.15) is 13.2 Å². The molecule has 0 unspecified atom stereocenters. The Labute approximate surface area is 197 Å². The van der Waals surface area contributed by atoms with Gasteiger partial charge < -0.3 is 0 Å². The van der Waals surface area contributed by atoms with Gasteiger partial charge in [0, 0.05) is 26.1 Å². The van der Waals surface area contributed by atoms with Gasteiger partial charge in [0.05, 0.1) is 11.3 Å². The van der Waals surface area contributed by atoms with Crippen molar-refractivity contribution in [3.63, 3.8) is 0 Å². The highest BCUT2D eigenvalue weighted by atomic mass is 127. The lowest BCUT2D eigenvalue weighted by Gasteiger charge is -2.14. The first-order chi connectivity index (χ1) is 14.5. The number of nitrogens with zero attached hydrogens (tertiary/aromatic N) is 1. The summed E-state index contributed by atoms with van der Waals surface area (Å²) in [5.41, 5.74) is 3.76. The molecule has 0 aliphatic carbocycles. The Bertz CT molecular complexity index is 1110. The third-order valence-corrected chi connectivity index (χ3v) is 6.77. The van der Waals surface area contributed by atoms with Crippen molar-refractivity contribution in [2.75, 3.05) is 0 Å². The number of alkyl halides is 3. The van der Waals surface area contributed by atoms with Crippen molar-refractivity contribution in [1.82, 2.24) is 4.98 Å². The molecule has 1 aromatic heterocycles. The molecule has 0 radical (unpaired) electrons. The number of benzene rings is 2. The Morgan fingerprint density at radius 1 is 1.10 bits per heavy atom. The van der Waals surface area contributed by atoms with Crippen molar-refractivity contribution < 1.29 is 18.0 Å². The Kier molecular flexibility index (Phi) is 7.47. The van der Waals surface area contributed by atoms with Crippen LogP contribution in [-0.4, -0.2) is 10.1 Å². The molecule has 162 valence electrons. The summed E-state index contributed by atoms with van der Waals surface area (Å²) in [6, 6.07) is 13.5. The van der Waals surface area contributed by atoms with Crippen molar-refractivity contribution >= 4 is 39.5 Å². The number of carbonyl (C=O) groups excluding carboxylic acids is 1. The number of halogens is 4. The summed E-state index contributed by atoms with van der Waals surface area (Å²) in [5, 5.41) is -0.0724. The van der Waals surface area contributed by atoms with Crippen LogP contribution >= 0.6 is 34.4 Å². The largest absolute Gasteiger partial charge is 0.416 e. The molecule has 2 aromatic carbocycles. The van der Waals surface area contributed by atoms with Gasteiger partial charge in [-0.3, -0.25) is 9.78 Å². The molecule has 3 rings (SSSR count). The van der Waals surface area contributed by atoms with E-state index in [1.165, 1.54) is 6.07 Å². The third kappa shape index (κ3) is 6.10. The van der Waals surface area contributed by atoms with Crippen molar-refractivity contribution in [1.29, 1.82) is 0 Å². The fourth-order valence-corrected chi connectivity index (χ4v) is 4.74. The van der Waals surface area contributed by atoms with Crippen LogP contribution < -0.4 is 0 Å². The minimum Gasteiger partial charge on any atom is -0.287 e. The van der Waals surface area contributed by atoms with Gasteiger partial charge in [0.15, 0.2) is 5.12 Å². The average molecular weight is 555 g/mol. The van der Waals surface area contributed by atoms with E-state index in [2.05, 4.69) is 33.6 Å². The van der Waals surface area contributed by atoms with E-state index in [1.54, 1.807) is 6.92 Å². The highest BCUT2D eigenvalue weighted by molar-refractivity contribution is 14.1. The van der Waals surface area contributed by atoms with Crippen LogP contribution in [0.1, 0.15) is 29.2 Å². The second-order valence-electron chi connectivity index (χ2n) is 7.52. The molecule has 0 N–H and O–H groups in total. The van der Waals surface area contributed by atoms with E-state index in [1.807, 2.05) is 44.3 Å². The summed E-state index contributed by atoms with van der Waals surface area (Å²) in [6.07, 6.45) is -2.02. The van der Waals surface area contributed by atoms with Crippen LogP contribution in [0.4, 0.5) is 13.2 Å². The molecule has 3 aromatic rings. The van der Waals surface area contributed by atoms with Crippen molar-refractivity contribution in [2.45, 2.75) is 38.3 Å². The van der Waals surface area contributed by atoms with E-state index in [9.17, 15) is 18.0 Å². The number of aromatic nitrogens is 1. The van der Waals surface area contributed by atoms with Gasteiger partial charge >= 0.3 is 6.18 Å². The number of aryl methyl sites for hydroxylation is 2. The molecule has 1 atom stereocenters. The molecular weight excluding hydrogens is 534 g/mol. The normalized spacial score (nSPS) is 12.6. The standard InChI is InChI=1S/C24H21F3INOS/c1-14-10-19(24(25,26)27)7-8-21(14)31-23(30)16(3)9-17-5-4-6-18(12-17)22-15(2)11-20(28)13-29-22/h4-8,10-13,16H,9H2,1-3H3/t16-/m0/s1. The first-order valence-electron chi connectivity index (χ1n) is 9.65. The highest BCUT2D eigenvalue weighted by Crippen LogP contribution is 2.34. The molecule has 7 heteroatoms. The van der Waals surface area contributed by atoms with Crippen molar-refractivity contribution in [3.05, 3.63) is 80.6 Å². The van der Waals surface area contributed by atoms with Crippen molar-refractivity contribution in [2.24, 2.45) is 5.92 Å². The lowest BCUT2D eigenvalue weighted by molar-refractivity contribution is -0.137. The number of pyridine rings is 1.